The zero-order valence-corrected chi connectivity index (χ0v) is 21.6. The fourth-order valence-corrected chi connectivity index (χ4v) is 6.08. The molecule has 8 heteroatoms. The SMILES string of the molecule is O=C(/C=C/c1cc([N+](=O)[O-])ccc1Cl)NC1CCC(CN2CCC(c3c[nH]c4ccccc34)CC2)CC1. The Morgan fingerprint density at radius 3 is 2.62 bits per heavy atom. The van der Waals surface area contributed by atoms with Crippen molar-refractivity contribution < 1.29 is 9.72 Å². The molecule has 7 nitrogen and oxygen atoms in total. The number of carbonyl (C=O) groups is 1. The Morgan fingerprint density at radius 1 is 1.11 bits per heavy atom. The summed E-state index contributed by atoms with van der Waals surface area (Å²) in [5.74, 6) is 1.12. The number of aromatic nitrogens is 1. The Kier molecular flexibility index (Phi) is 7.91. The van der Waals surface area contributed by atoms with E-state index in [1.807, 2.05) is 0 Å². The molecule has 1 aromatic heterocycles. The highest BCUT2D eigenvalue weighted by Crippen LogP contribution is 2.34. The quantitative estimate of drug-likeness (QED) is 0.217. The van der Waals surface area contributed by atoms with Gasteiger partial charge in [0.1, 0.15) is 0 Å². The standard InChI is InChI=1S/C29H33ClN4O3/c30-27-11-10-24(34(36)37)17-22(27)7-12-29(35)32-23-8-5-20(6-9-23)19-33-15-13-21(14-16-33)26-18-31-28-4-2-1-3-25(26)28/h1-4,7,10-12,17-18,20-21,23,31H,5-6,8-9,13-16,19H2,(H,32,35)/b12-7+. The van der Waals surface area contributed by atoms with Crippen molar-refractivity contribution in [2.45, 2.75) is 50.5 Å². The molecule has 2 aromatic carbocycles. The number of nitro groups is 1. The van der Waals surface area contributed by atoms with E-state index in [-0.39, 0.29) is 17.6 Å². The van der Waals surface area contributed by atoms with Crippen LogP contribution in [0.25, 0.3) is 17.0 Å². The number of para-hydroxylation sites is 1. The predicted octanol–water partition coefficient (Wildman–Crippen LogP) is 6.30. The molecule has 5 rings (SSSR count). The lowest BCUT2D eigenvalue weighted by molar-refractivity contribution is -0.384. The average molecular weight is 521 g/mol. The summed E-state index contributed by atoms with van der Waals surface area (Å²) in [7, 11) is 0. The van der Waals surface area contributed by atoms with E-state index in [0.29, 0.717) is 22.4 Å². The number of aromatic amines is 1. The van der Waals surface area contributed by atoms with E-state index in [1.54, 1.807) is 0 Å². The fourth-order valence-electron chi connectivity index (χ4n) is 5.90. The first-order chi connectivity index (χ1) is 18.0. The highest BCUT2D eigenvalue weighted by Gasteiger charge is 2.27. The van der Waals surface area contributed by atoms with Crippen molar-refractivity contribution in [2.75, 3.05) is 19.6 Å². The van der Waals surface area contributed by atoms with Gasteiger partial charge in [-0.1, -0.05) is 29.8 Å². The Bertz CT molecular complexity index is 1290. The number of benzene rings is 2. The summed E-state index contributed by atoms with van der Waals surface area (Å²) in [4.78, 5) is 29.0. The van der Waals surface area contributed by atoms with Crippen LogP contribution in [0.15, 0.2) is 54.7 Å². The molecular weight excluding hydrogens is 488 g/mol. The average Bonchev–Trinajstić information content (AvgIpc) is 3.34. The third-order valence-electron chi connectivity index (χ3n) is 7.96. The largest absolute Gasteiger partial charge is 0.361 e. The van der Waals surface area contributed by atoms with Crippen molar-refractivity contribution in [3.63, 3.8) is 0 Å². The second-order valence-electron chi connectivity index (χ2n) is 10.4. The number of rotatable bonds is 7. The van der Waals surface area contributed by atoms with Crippen LogP contribution in [0.2, 0.25) is 5.02 Å². The molecule has 2 heterocycles. The lowest BCUT2D eigenvalue weighted by atomic mass is 9.84. The van der Waals surface area contributed by atoms with Gasteiger partial charge in [0.05, 0.1) is 4.92 Å². The van der Waals surface area contributed by atoms with E-state index in [9.17, 15) is 14.9 Å². The van der Waals surface area contributed by atoms with Crippen molar-refractivity contribution in [3.8, 4) is 0 Å². The van der Waals surface area contributed by atoms with Gasteiger partial charge in [0.2, 0.25) is 5.91 Å². The number of fused-ring (bicyclic) bond motifs is 1. The van der Waals surface area contributed by atoms with E-state index in [0.717, 1.165) is 45.3 Å². The molecule has 2 aliphatic rings. The summed E-state index contributed by atoms with van der Waals surface area (Å²) in [6, 6.07) is 12.9. The van der Waals surface area contributed by atoms with Gasteiger partial charge in [0, 0.05) is 58.5 Å². The number of nitro benzene ring substituents is 1. The third-order valence-corrected chi connectivity index (χ3v) is 8.31. The highest BCUT2D eigenvalue weighted by molar-refractivity contribution is 6.32. The summed E-state index contributed by atoms with van der Waals surface area (Å²) < 4.78 is 0. The summed E-state index contributed by atoms with van der Waals surface area (Å²) in [5.41, 5.74) is 3.11. The van der Waals surface area contributed by atoms with Crippen molar-refractivity contribution in [1.82, 2.24) is 15.2 Å². The first-order valence-electron chi connectivity index (χ1n) is 13.2. The number of H-pyrrole nitrogens is 1. The minimum absolute atomic E-state index is 0.0510. The van der Waals surface area contributed by atoms with Crippen LogP contribution in [0, 0.1) is 16.0 Å². The van der Waals surface area contributed by atoms with E-state index in [2.05, 4.69) is 45.7 Å². The lowest BCUT2D eigenvalue weighted by Gasteiger charge is -2.36. The Hall–Kier alpha value is -3.16. The zero-order chi connectivity index (χ0) is 25.8. The summed E-state index contributed by atoms with van der Waals surface area (Å²) >= 11 is 6.12. The van der Waals surface area contributed by atoms with Crippen molar-refractivity contribution in [3.05, 3.63) is 81.0 Å². The maximum Gasteiger partial charge on any atom is 0.270 e. The van der Waals surface area contributed by atoms with Gasteiger partial charge in [-0.05, 0) is 87.2 Å². The lowest BCUT2D eigenvalue weighted by Crippen LogP contribution is -2.41. The molecule has 1 saturated heterocycles. The van der Waals surface area contributed by atoms with Gasteiger partial charge in [-0.3, -0.25) is 14.9 Å². The molecule has 0 spiro atoms. The monoisotopic (exact) mass is 520 g/mol. The van der Waals surface area contributed by atoms with Crippen LogP contribution in [0.5, 0.6) is 0 Å². The normalized spacial score (nSPS) is 21.4. The number of amides is 1. The molecule has 2 fully saturated rings. The van der Waals surface area contributed by atoms with Crippen LogP contribution in [-0.2, 0) is 4.79 Å². The minimum Gasteiger partial charge on any atom is -0.361 e. The number of non-ortho nitro benzene ring substituents is 1. The Balaban J connectivity index is 1.05. The fraction of sp³-hybridized carbons (Fsp3) is 0.414. The van der Waals surface area contributed by atoms with Gasteiger partial charge in [0.15, 0.2) is 0 Å². The molecule has 0 unspecified atom stereocenters. The van der Waals surface area contributed by atoms with Crippen LogP contribution >= 0.6 is 11.6 Å². The first kappa shape index (κ1) is 25.5. The molecule has 1 amide bonds. The highest BCUT2D eigenvalue weighted by atomic mass is 35.5. The van der Waals surface area contributed by atoms with Gasteiger partial charge >= 0.3 is 0 Å². The van der Waals surface area contributed by atoms with Crippen LogP contribution < -0.4 is 5.32 Å². The molecule has 194 valence electrons. The number of carbonyl (C=O) groups excluding carboxylic acids is 1. The number of hydrogen-bond acceptors (Lipinski definition) is 4. The van der Waals surface area contributed by atoms with E-state index in [4.69, 9.17) is 11.6 Å². The molecule has 1 aliphatic carbocycles. The molecule has 0 radical (unpaired) electrons. The van der Waals surface area contributed by atoms with Gasteiger partial charge in [-0.15, -0.1) is 0 Å². The van der Waals surface area contributed by atoms with Crippen molar-refractivity contribution in [2.24, 2.45) is 5.92 Å². The van der Waals surface area contributed by atoms with Crippen LogP contribution in [0.3, 0.4) is 0 Å². The summed E-state index contributed by atoms with van der Waals surface area (Å²) in [5, 5.41) is 15.8. The zero-order valence-electron chi connectivity index (χ0n) is 20.9. The number of hydrogen-bond donors (Lipinski definition) is 2. The maximum atomic E-state index is 12.4. The van der Waals surface area contributed by atoms with Crippen LogP contribution in [0.4, 0.5) is 5.69 Å². The number of nitrogens with one attached hydrogen (secondary N) is 2. The van der Waals surface area contributed by atoms with Crippen molar-refractivity contribution >= 4 is 40.2 Å². The Labute approximate surface area is 222 Å². The smallest absolute Gasteiger partial charge is 0.270 e. The molecule has 0 atom stereocenters. The van der Waals surface area contributed by atoms with Gasteiger partial charge in [0.25, 0.3) is 5.69 Å². The van der Waals surface area contributed by atoms with Crippen LogP contribution in [0.1, 0.15) is 55.6 Å². The molecule has 2 N–H and O–H groups in total. The first-order valence-corrected chi connectivity index (χ1v) is 13.5. The van der Waals surface area contributed by atoms with E-state index < -0.39 is 4.92 Å². The molecular formula is C29H33ClN4O3. The van der Waals surface area contributed by atoms with Gasteiger partial charge < -0.3 is 15.2 Å². The second-order valence-corrected chi connectivity index (χ2v) is 10.8. The van der Waals surface area contributed by atoms with Gasteiger partial charge in [-0.25, -0.2) is 0 Å². The van der Waals surface area contributed by atoms with E-state index >= 15 is 0 Å². The van der Waals surface area contributed by atoms with E-state index in [1.165, 1.54) is 59.7 Å². The third kappa shape index (κ3) is 6.22. The maximum absolute atomic E-state index is 12.4. The molecule has 1 saturated carbocycles. The molecule has 37 heavy (non-hydrogen) atoms. The van der Waals surface area contributed by atoms with Gasteiger partial charge in [-0.2, -0.15) is 0 Å². The second kappa shape index (κ2) is 11.5. The number of likely N-dealkylation sites (tertiary alicyclic amines) is 1. The van der Waals surface area contributed by atoms with Crippen LogP contribution in [-0.4, -0.2) is 46.4 Å². The molecule has 3 aromatic rings. The summed E-state index contributed by atoms with van der Waals surface area (Å²) in [6.07, 6.45) is 11.8. The van der Waals surface area contributed by atoms with Crippen molar-refractivity contribution in [1.29, 1.82) is 0 Å². The number of piperidine rings is 1. The number of halogens is 1. The predicted molar refractivity (Wildman–Crippen MR) is 148 cm³/mol. The number of nitrogens with zero attached hydrogens (tertiary/aromatic N) is 2. The Morgan fingerprint density at radius 2 is 1.86 bits per heavy atom. The molecule has 1 aliphatic heterocycles. The molecule has 0 bridgehead atoms. The summed E-state index contributed by atoms with van der Waals surface area (Å²) in [6.45, 7) is 3.43. The minimum atomic E-state index is -0.474. The topological polar surface area (TPSA) is 91.3 Å².